The number of nitrogens with two attached hydrogens (primary N) is 1. The minimum absolute atomic E-state index is 0.125. The highest BCUT2D eigenvalue weighted by molar-refractivity contribution is 7.78. The zero-order valence-electron chi connectivity index (χ0n) is 8.27. The molecule has 4 nitrogen and oxygen atoms in total. The summed E-state index contributed by atoms with van der Waals surface area (Å²) in [6.45, 7) is 0. The van der Waals surface area contributed by atoms with Crippen LogP contribution in [-0.2, 0) is 16.8 Å². The van der Waals surface area contributed by atoms with E-state index in [9.17, 15) is 4.21 Å². The molecule has 0 bridgehead atoms. The van der Waals surface area contributed by atoms with Gasteiger partial charge in [0.1, 0.15) is 0 Å². The van der Waals surface area contributed by atoms with Crippen molar-refractivity contribution in [3.05, 3.63) is 23.8 Å². The Morgan fingerprint density at radius 3 is 2.87 bits per heavy atom. The van der Waals surface area contributed by atoms with Gasteiger partial charge in [0, 0.05) is 6.04 Å². The van der Waals surface area contributed by atoms with Gasteiger partial charge in [-0.3, -0.25) is 0 Å². The molecule has 1 atom stereocenters. The maximum absolute atomic E-state index is 10.8. The number of para-hydroxylation sites is 1. The molecule has 82 valence electrons. The second kappa shape index (κ2) is 4.20. The lowest BCUT2D eigenvalue weighted by molar-refractivity contribution is 0.563. The molecule has 1 fully saturated rings. The summed E-state index contributed by atoms with van der Waals surface area (Å²) in [4.78, 5) is 0. The molecule has 1 aliphatic carbocycles. The summed E-state index contributed by atoms with van der Waals surface area (Å²) in [5.41, 5.74) is 8.10. The van der Waals surface area contributed by atoms with Crippen LogP contribution in [0.3, 0.4) is 0 Å². The van der Waals surface area contributed by atoms with Crippen LogP contribution in [-0.4, -0.2) is 14.8 Å². The largest absolute Gasteiger partial charge is 0.397 e. The van der Waals surface area contributed by atoms with E-state index in [0.29, 0.717) is 11.7 Å². The lowest BCUT2D eigenvalue weighted by Gasteiger charge is -2.12. The third-order valence-electron chi connectivity index (χ3n) is 2.39. The van der Waals surface area contributed by atoms with Crippen LogP contribution in [0.4, 0.5) is 11.4 Å². The zero-order chi connectivity index (χ0) is 10.8. The number of hydrogen-bond acceptors (Lipinski definition) is 3. The van der Waals surface area contributed by atoms with Gasteiger partial charge in [0.15, 0.2) is 11.1 Å². The van der Waals surface area contributed by atoms with Gasteiger partial charge in [0.2, 0.25) is 0 Å². The highest BCUT2D eigenvalue weighted by Crippen LogP contribution is 2.31. The summed E-state index contributed by atoms with van der Waals surface area (Å²) < 4.78 is 19.7. The molecule has 0 spiro atoms. The van der Waals surface area contributed by atoms with Crippen molar-refractivity contribution in [1.82, 2.24) is 0 Å². The van der Waals surface area contributed by atoms with Gasteiger partial charge < -0.3 is 15.6 Å². The van der Waals surface area contributed by atoms with Crippen LogP contribution < -0.4 is 11.1 Å². The average Bonchev–Trinajstić information content (AvgIpc) is 2.94. The minimum atomic E-state index is -1.83. The molecule has 15 heavy (non-hydrogen) atoms. The van der Waals surface area contributed by atoms with E-state index in [1.54, 1.807) is 12.1 Å². The van der Waals surface area contributed by atoms with Crippen molar-refractivity contribution in [2.24, 2.45) is 0 Å². The van der Waals surface area contributed by atoms with E-state index in [-0.39, 0.29) is 5.75 Å². The second-order valence-corrected chi connectivity index (χ2v) is 4.70. The number of hydrogen-bond donors (Lipinski definition) is 3. The smallest absolute Gasteiger partial charge is 0.157 e. The molecule has 0 heterocycles. The Bertz CT molecular complexity index is 391. The maximum atomic E-state index is 10.8. The summed E-state index contributed by atoms with van der Waals surface area (Å²) in [7, 11) is 0. The minimum Gasteiger partial charge on any atom is -0.397 e. The first-order valence-corrected chi connectivity index (χ1v) is 6.16. The van der Waals surface area contributed by atoms with Gasteiger partial charge in [-0.25, -0.2) is 4.21 Å². The van der Waals surface area contributed by atoms with E-state index in [1.807, 2.05) is 6.07 Å². The fourth-order valence-corrected chi connectivity index (χ4v) is 1.99. The van der Waals surface area contributed by atoms with Crippen LogP contribution in [0.5, 0.6) is 0 Å². The van der Waals surface area contributed by atoms with Gasteiger partial charge in [0.05, 0.1) is 17.1 Å². The molecule has 0 amide bonds. The fourth-order valence-electron chi connectivity index (χ4n) is 1.48. The highest BCUT2D eigenvalue weighted by Gasteiger charge is 2.23. The topological polar surface area (TPSA) is 75.4 Å². The van der Waals surface area contributed by atoms with E-state index in [0.717, 1.165) is 24.1 Å². The van der Waals surface area contributed by atoms with Gasteiger partial charge in [-0.2, -0.15) is 0 Å². The normalized spacial score (nSPS) is 17.4. The van der Waals surface area contributed by atoms with Gasteiger partial charge >= 0.3 is 0 Å². The summed E-state index contributed by atoms with van der Waals surface area (Å²) in [5.74, 6) is 0.125. The molecule has 1 aliphatic rings. The Balaban J connectivity index is 2.25. The van der Waals surface area contributed by atoms with Crippen molar-refractivity contribution >= 4 is 22.5 Å². The van der Waals surface area contributed by atoms with E-state index in [1.165, 1.54) is 0 Å². The third-order valence-corrected chi connectivity index (χ3v) is 2.95. The van der Waals surface area contributed by atoms with Crippen molar-refractivity contribution in [2.75, 3.05) is 11.1 Å². The van der Waals surface area contributed by atoms with Gasteiger partial charge in [-0.15, -0.1) is 0 Å². The molecule has 0 aromatic heterocycles. The van der Waals surface area contributed by atoms with Crippen molar-refractivity contribution in [2.45, 2.75) is 24.6 Å². The van der Waals surface area contributed by atoms with Crippen LogP contribution in [0.25, 0.3) is 0 Å². The fraction of sp³-hybridized carbons (Fsp3) is 0.400. The molecule has 5 heteroatoms. The Hall–Kier alpha value is -1.07. The van der Waals surface area contributed by atoms with Crippen LogP contribution in [0.15, 0.2) is 18.2 Å². The van der Waals surface area contributed by atoms with Crippen LogP contribution in [0.1, 0.15) is 18.4 Å². The number of benzene rings is 1. The molecule has 1 aromatic carbocycles. The monoisotopic (exact) mass is 226 g/mol. The Kier molecular flexibility index (Phi) is 2.93. The molecule has 0 saturated heterocycles. The molecule has 1 saturated carbocycles. The van der Waals surface area contributed by atoms with Crippen molar-refractivity contribution in [1.29, 1.82) is 0 Å². The molecule has 1 unspecified atom stereocenters. The first-order chi connectivity index (χ1) is 7.16. The molecule has 2 rings (SSSR count). The number of nitrogens with one attached hydrogen (secondary N) is 1. The Morgan fingerprint density at radius 2 is 2.27 bits per heavy atom. The standard InChI is InChI=1S/C10H14N2O2S/c11-9-3-1-2-7(6-15(13)14)10(9)12-8-4-5-8/h1-3,8,12H,4-6,11H2,(H,13,14). The molecule has 0 aliphatic heterocycles. The first kappa shape index (κ1) is 10.4. The summed E-state index contributed by atoms with van der Waals surface area (Å²) in [6, 6.07) is 5.92. The quantitative estimate of drug-likeness (QED) is 0.538. The summed E-state index contributed by atoms with van der Waals surface area (Å²) in [6.07, 6.45) is 2.30. The van der Waals surface area contributed by atoms with Crippen LogP contribution >= 0.6 is 0 Å². The van der Waals surface area contributed by atoms with E-state index >= 15 is 0 Å². The van der Waals surface area contributed by atoms with Gasteiger partial charge in [0.25, 0.3) is 0 Å². The molecule has 4 N–H and O–H groups in total. The Labute approximate surface area is 91.2 Å². The molecule has 0 radical (unpaired) electrons. The Morgan fingerprint density at radius 1 is 1.53 bits per heavy atom. The van der Waals surface area contributed by atoms with Gasteiger partial charge in [-0.05, 0) is 24.5 Å². The van der Waals surface area contributed by atoms with E-state index < -0.39 is 11.1 Å². The number of rotatable bonds is 4. The predicted molar refractivity (Wildman–Crippen MR) is 62.0 cm³/mol. The maximum Gasteiger partial charge on any atom is 0.157 e. The number of nitrogen functional groups attached to an aromatic ring is 1. The third kappa shape index (κ3) is 2.70. The lowest BCUT2D eigenvalue weighted by atomic mass is 10.1. The average molecular weight is 226 g/mol. The van der Waals surface area contributed by atoms with Crippen LogP contribution in [0, 0.1) is 0 Å². The van der Waals surface area contributed by atoms with Gasteiger partial charge in [-0.1, -0.05) is 12.1 Å². The van der Waals surface area contributed by atoms with E-state index in [4.69, 9.17) is 10.3 Å². The SMILES string of the molecule is Nc1cccc(CS(=O)O)c1NC1CC1. The lowest BCUT2D eigenvalue weighted by Crippen LogP contribution is -2.08. The van der Waals surface area contributed by atoms with Crippen LogP contribution in [0.2, 0.25) is 0 Å². The first-order valence-electron chi connectivity index (χ1n) is 4.88. The molecule has 1 aromatic rings. The zero-order valence-corrected chi connectivity index (χ0v) is 9.09. The molecular formula is C10H14N2O2S. The second-order valence-electron chi connectivity index (χ2n) is 3.77. The van der Waals surface area contributed by atoms with E-state index in [2.05, 4.69) is 5.32 Å². The van der Waals surface area contributed by atoms with Crippen molar-refractivity contribution in [3.8, 4) is 0 Å². The van der Waals surface area contributed by atoms with Crippen molar-refractivity contribution < 1.29 is 8.76 Å². The predicted octanol–water partition coefficient (Wildman–Crippen LogP) is 1.56. The summed E-state index contributed by atoms with van der Waals surface area (Å²) in [5, 5.41) is 3.29. The van der Waals surface area contributed by atoms with Crippen molar-refractivity contribution in [3.63, 3.8) is 0 Å². The summed E-state index contributed by atoms with van der Waals surface area (Å²) >= 11 is -1.83. The molecular weight excluding hydrogens is 212 g/mol. The highest BCUT2D eigenvalue weighted by atomic mass is 32.2. The number of anilines is 2.